The molecule has 1 heterocycles. The number of halogens is 1. The summed E-state index contributed by atoms with van der Waals surface area (Å²) in [4.78, 5) is 28.8. The summed E-state index contributed by atoms with van der Waals surface area (Å²) in [6.07, 6.45) is 1.64. The second kappa shape index (κ2) is 6.00. The minimum Gasteiger partial charge on any atom is -0.481 e. The van der Waals surface area contributed by atoms with Gasteiger partial charge < -0.3 is 16.2 Å². The van der Waals surface area contributed by atoms with Gasteiger partial charge in [0.15, 0.2) is 0 Å². The number of carbonyl (C=O) groups excluding carboxylic acids is 1. The van der Waals surface area contributed by atoms with Gasteiger partial charge in [-0.05, 0) is 18.0 Å². The van der Waals surface area contributed by atoms with Gasteiger partial charge in [-0.15, -0.1) is 0 Å². The van der Waals surface area contributed by atoms with Crippen LogP contribution in [0.3, 0.4) is 0 Å². The summed E-state index contributed by atoms with van der Waals surface area (Å²) in [5.41, 5.74) is 5.24. The van der Waals surface area contributed by atoms with E-state index in [-0.39, 0.29) is 23.1 Å². The van der Waals surface area contributed by atoms with Gasteiger partial charge in [-0.1, -0.05) is 0 Å². The highest BCUT2D eigenvalue weighted by atomic mass is 35.5. The maximum absolute atomic E-state index is 11.0. The predicted octanol–water partition coefficient (Wildman–Crippen LogP) is 0.506. The normalized spacial score (nSPS) is 9.94. The summed E-state index contributed by atoms with van der Waals surface area (Å²) < 4.78 is 0. The maximum atomic E-state index is 11.0. The average molecular weight is 259 g/mol. The molecule has 0 aromatic carbocycles. The van der Waals surface area contributed by atoms with Crippen molar-refractivity contribution < 1.29 is 14.7 Å². The monoisotopic (exact) mass is 258 g/mol. The topological polar surface area (TPSA) is 118 Å². The third-order valence-corrected chi connectivity index (χ3v) is 2.07. The molecule has 0 saturated heterocycles. The second-order valence-corrected chi connectivity index (χ2v) is 3.53. The predicted molar refractivity (Wildman–Crippen MR) is 60.9 cm³/mol. The van der Waals surface area contributed by atoms with Gasteiger partial charge in [0.2, 0.25) is 5.28 Å². The number of nitrogens with zero attached hydrogens (tertiary/aromatic N) is 2. The number of aromatic nitrogens is 2. The van der Waals surface area contributed by atoms with Crippen molar-refractivity contribution in [2.75, 3.05) is 11.9 Å². The van der Waals surface area contributed by atoms with Gasteiger partial charge in [0.05, 0.1) is 5.56 Å². The number of nitrogens with one attached hydrogen (secondary N) is 1. The van der Waals surface area contributed by atoms with E-state index in [1.54, 1.807) is 0 Å². The molecule has 0 spiro atoms. The number of anilines is 1. The highest BCUT2D eigenvalue weighted by molar-refractivity contribution is 6.28. The van der Waals surface area contributed by atoms with Crippen molar-refractivity contribution in [2.24, 2.45) is 5.73 Å². The Balaban J connectivity index is 2.65. The molecule has 0 bridgehead atoms. The Labute approximate surface area is 102 Å². The molecule has 0 unspecified atom stereocenters. The molecule has 0 aliphatic carbocycles. The molecule has 8 heteroatoms. The van der Waals surface area contributed by atoms with Crippen LogP contribution in [-0.2, 0) is 4.79 Å². The van der Waals surface area contributed by atoms with Crippen molar-refractivity contribution >= 4 is 29.3 Å². The lowest BCUT2D eigenvalue weighted by atomic mass is 10.2. The van der Waals surface area contributed by atoms with Gasteiger partial charge in [-0.3, -0.25) is 9.59 Å². The molecule has 17 heavy (non-hydrogen) atoms. The Morgan fingerprint density at radius 3 is 2.82 bits per heavy atom. The van der Waals surface area contributed by atoms with E-state index in [0.29, 0.717) is 13.0 Å². The fourth-order valence-corrected chi connectivity index (χ4v) is 1.26. The van der Waals surface area contributed by atoms with Crippen LogP contribution >= 0.6 is 11.6 Å². The lowest BCUT2D eigenvalue weighted by Gasteiger charge is -2.07. The van der Waals surface area contributed by atoms with Crippen LogP contribution in [0.15, 0.2) is 6.20 Å². The van der Waals surface area contributed by atoms with Gasteiger partial charge in [0.25, 0.3) is 5.91 Å². The number of amides is 1. The number of carboxylic acid groups (broad SMARTS) is 1. The minimum absolute atomic E-state index is 0.0178. The van der Waals surface area contributed by atoms with Gasteiger partial charge in [0, 0.05) is 19.2 Å². The SMILES string of the molecule is NC(=O)c1cnc(Cl)nc1NCCCC(=O)O. The summed E-state index contributed by atoms with van der Waals surface area (Å²) in [5, 5.41) is 11.2. The lowest BCUT2D eigenvalue weighted by Crippen LogP contribution is -2.17. The molecule has 1 amide bonds. The summed E-state index contributed by atoms with van der Waals surface area (Å²) in [7, 11) is 0. The molecule has 92 valence electrons. The number of hydrogen-bond acceptors (Lipinski definition) is 5. The molecular weight excluding hydrogens is 248 g/mol. The minimum atomic E-state index is -0.886. The van der Waals surface area contributed by atoms with Crippen LogP contribution in [0, 0.1) is 0 Å². The Hall–Kier alpha value is -1.89. The molecule has 0 saturated carbocycles. The standard InChI is InChI=1S/C9H11ClN4O3/c10-9-13-4-5(7(11)17)8(14-9)12-3-1-2-6(15)16/h4H,1-3H2,(H2,11,17)(H,15,16)(H,12,13,14). The first-order valence-corrected chi connectivity index (χ1v) is 5.16. The van der Waals surface area contributed by atoms with Crippen LogP contribution in [0.4, 0.5) is 5.82 Å². The largest absolute Gasteiger partial charge is 0.481 e. The molecule has 7 nitrogen and oxygen atoms in total. The summed E-state index contributed by atoms with van der Waals surface area (Å²) >= 11 is 5.58. The molecule has 0 atom stereocenters. The van der Waals surface area contributed by atoms with Gasteiger partial charge in [-0.25, -0.2) is 4.98 Å². The van der Waals surface area contributed by atoms with Crippen LogP contribution in [-0.4, -0.2) is 33.5 Å². The number of hydrogen-bond donors (Lipinski definition) is 3. The van der Waals surface area contributed by atoms with Gasteiger partial charge in [-0.2, -0.15) is 4.98 Å². The molecule has 4 N–H and O–H groups in total. The Morgan fingerprint density at radius 1 is 1.53 bits per heavy atom. The quantitative estimate of drug-likeness (QED) is 0.505. The lowest BCUT2D eigenvalue weighted by molar-refractivity contribution is -0.137. The summed E-state index contributed by atoms with van der Waals surface area (Å²) in [6.45, 7) is 0.347. The second-order valence-electron chi connectivity index (χ2n) is 3.19. The Kier molecular flexibility index (Phi) is 4.65. The Bertz CT molecular complexity index is 438. The summed E-state index contributed by atoms with van der Waals surface area (Å²) in [5.74, 6) is -1.35. The van der Waals surface area contributed by atoms with E-state index in [4.69, 9.17) is 22.4 Å². The average Bonchev–Trinajstić information content (AvgIpc) is 2.23. The van der Waals surface area contributed by atoms with Crippen molar-refractivity contribution in [1.29, 1.82) is 0 Å². The van der Waals surface area contributed by atoms with Gasteiger partial charge >= 0.3 is 5.97 Å². The molecule has 0 aliphatic rings. The van der Waals surface area contributed by atoms with Crippen molar-refractivity contribution in [1.82, 2.24) is 9.97 Å². The molecule has 1 rings (SSSR count). The van der Waals surface area contributed by atoms with E-state index >= 15 is 0 Å². The molecular formula is C9H11ClN4O3. The zero-order valence-corrected chi connectivity index (χ0v) is 9.57. The number of nitrogens with two attached hydrogens (primary N) is 1. The van der Waals surface area contributed by atoms with E-state index < -0.39 is 11.9 Å². The fraction of sp³-hybridized carbons (Fsp3) is 0.333. The molecule has 1 aromatic heterocycles. The van der Waals surface area contributed by atoms with Crippen molar-refractivity contribution in [3.05, 3.63) is 17.0 Å². The third-order valence-electron chi connectivity index (χ3n) is 1.88. The van der Waals surface area contributed by atoms with E-state index in [0.717, 1.165) is 0 Å². The van der Waals surface area contributed by atoms with Crippen molar-refractivity contribution in [2.45, 2.75) is 12.8 Å². The zero-order valence-electron chi connectivity index (χ0n) is 8.81. The number of rotatable bonds is 6. The zero-order chi connectivity index (χ0) is 12.8. The highest BCUT2D eigenvalue weighted by Crippen LogP contribution is 2.13. The van der Waals surface area contributed by atoms with Crippen molar-refractivity contribution in [3.63, 3.8) is 0 Å². The number of aliphatic carboxylic acids is 1. The molecule has 0 aliphatic heterocycles. The van der Waals surface area contributed by atoms with Crippen LogP contribution in [0.1, 0.15) is 23.2 Å². The first kappa shape index (κ1) is 13.2. The van der Waals surface area contributed by atoms with Gasteiger partial charge in [0.1, 0.15) is 5.82 Å². The van der Waals surface area contributed by atoms with Crippen LogP contribution in [0.2, 0.25) is 5.28 Å². The number of carboxylic acids is 1. The first-order valence-electron chi connectivity index (χ1n) is 4.78. The Morgan fingerprint density at radius 2 is 2.24 bits per heavy atom. The van der Waals surface area contributed by atoms with Crippen LogP contribution in [0.25, 0.3) is 0 Å². The van der Waals surface area contributed by atoms with E-state index in [9.17, 15) is 9.59 Å². The van der Waals surface area contributed by atoms with Crippen molar-refractivity contribution in [3.8, 4) is 0 Å². The highest BCUT2D eigenvalue weighted by Gasteiger charge is 2.10. The maximum Gasteiger partial charge on any atom is 0.303 e. The van der Waals surface area contributed by atoms with Crippen LogP contribution in [0.5, 0.6) is 0 Å². The van der Waals surface area contributed by atoms with E-state index in [1.165, 1.54) is 6.20 Å². The van der Waals surface area contributed by atoms with E-state index in [1.807, 2.05) is 0 Å². The van der Waals surface area contributed by atoms with E-state index in [2.05, 4.69) is 15.3 Å². The molecule has 0 fully saturated rings. The molecule has 1 aromatic rings. The van der Waals surface area contributed by atoms with Crippen LogP contribution < -0.4 is 11.1 Å². The summed E-state index contributed by atoms with van der Waals surface area (Å²) in [6, 6.07) is 0. The number of primary amides is 1. The smallest absolute Gasteiger partial charge is 0.303 e. The fourth-order valence-electron chi connectivity index (χ4n) is 1.12. The number of carbonyl (C=O) groups is 2. The third kappa shape index (κ3) is 4.23. The first-order chi connectivity index (χ1) is 8.00. The molecule has 0 radical (unpaired) electrons.